The minimum absolute atomic E-state index is 0.211. The fourth-order valence-electron chi connectivity index (χ4n) is 3.93. The highest BCUT2D eigenvalue weighted by Gasteiger charge is 2.39. The molecular weight excluding hydrogens is 386 g/mol. The molecule has 7 nitrogen and oxygen atoms in total. The largest absolute Gasteiger partial charge is 0.497 e. The van der Waals surface area contributed by atoms with Crippen LogP contribution in [0.4, 0.5) is 5.69 Å². The molecule has 0 spiro atoms. The summed E-state index contributed by atoms with van der Waals surface area (Å²) in [5.41, 5.74) is 3.96. The maximum absolute atomic E-state index is 12.7. The number of hydrogen-bond acceptors (Lipinski definition) is 7. The van der Waals surface area contributed by atoms with Gasteiger partial charge in [-0.3, -0.25) is 0 Å². The third-order valence-electron chi connectivity index (χ3n) is 5.20. The summed E-state index contributed by atoms with van der Waals surface area (Å²) < 4.78 is 27.9. The number of hydrogen-bond donors (Lipinski definition) is 1. The summed E-state index contributed by atoms with van der Waals surface area (Å²) in [5, 5.41) is 3.35. The van der Waals surface area contributed by atoms with Gasteiger partial charge in [0.05, 0.1) is 38.7 Å². The van der Waals surface area contributed by atoms with Gasteiger partial charge in [0.25, 0.3) is 0 Å². The van der Waals surface area contributed by atoms with Gasteiger partial charge >= 0.3 is 5.97 Å². The molecule has 4 rings (SSSR count). The highest BCUT2D eigenvalue weighted by atomic mass is 16.5. The lowest BCUT2D eigenvalue weighted by Crippen LogP contribution is -2.20. The van der Waals surface area contributed by atoms with Gasteiger partial charge in [0.15, 0.2) is 11.5 Å². The molecule has 1 N–H and O–H groups in total. The summed E-state index contributed by atoms with van der Waals surface area (Å²) in [7, 11) is 3.20. The molecule has 30 heavy (non-hydrogen) atoms. The molecule has 0 amide bonds. The fraction of sp³-hybridized carbons (Fsp3) is 0.348. The Kier molecular flexibility index (Phi) is 5.44. The van der Waals surface area contributed by atoms with E-state index in [2.05, 4.69) is 5.32 Å². The van der Waals surface area contributed by atoms with Crippen LogP contribution in [0.15, 0.2) is 41.6 Å². The van der Waals surface area contributed by atoms with Gasteiger partial charge in [0.1, 0.15) is 18.1 Å². The van der Waals surface area contributed by atoms with Crippen molar-refractivity contribution in [1.82, 2.24) is 0 Å². The molecule has 2 aliphatic heterocycles. The summed E-state index contributed by atoms with van der Waals surface area (Å²) in [6.07, 6.45) is 0. The lowest BCUT2D eigenvalue weighted by Gasteiger charge is -2.29. The average Bonchev–Trinajstić information content (AvgIpc) is 3.12. The van der Waals surface area contributed by atoms with Crippen molar-refractivity contribution in [2.75, 3.05) is 39.4 Å². The lowest BCUT2D eigenvalue weighted by molar-refractivity contribution is -0.136. The van der Waals surface area contributed by atoms with Crippen LogP contribution in [0.25, 0.3) is 0 Å². The molecule has 158 valence electrons. The van der Waals surface area contributed by atoms with Crippen LogP contribution in [0.3, 0.4) is 0 Å². The number of methoxy groups -OCH3 is 2. The Bertz CT molecular complexity index is 991. The Balaban J connectivity index is 1.93. The molecule has 0 aliphatic carbocycles. The monoisotopic (exact) mass is 411 g/mol. The van der Waals surface area contributed by atoms with E-state index >= 15 is 0 Å². The SMILES string of the molecule is CCOc1cc2c(cc1OCC)C(c1cc(OC)cc(OC)c1)C1=C(COC1=O)N2. The van der Waals surface area contributed by atoms with Crippen molar-refractivity contribution < 1.29 is 28.5 Å². The average molecular weight is 411 g/mol. The van der Waals surface area contributed by atoms with Gasteiger partial charge in [-0.25, -0.2) is 4.79 Å². The second-order valence-corrected chi connectivity index (χ2v) is 6.92. The number of carbonyl (C=O) groups excluding carboxylic acids is 1. The highest BCUT2D eigenvalue weighted by molar-refractivity contribution is 5.97. The number of ether oxygens (including phenoxy) is 5. The van der Waals surface area contributed by atoms with E-state index in [1.165, 1.54) is 0 Å². The molecular formula is C23H25NO6. The van der Waals surface area contributed by atoms with Crippen LogP contribution in [-0.4, -0.2) is 40.0 Å². The molecule has 1 atom stereocenters. The zero-order chi connectivity index (χ0) is 21.3. The minimum Gasteiger partial charge on any atom is -0.497 e. The number of benzene rings is 2. The number of fused-ring (bicyclic) bond motifs is 1. The number of anilines is 1. The zero-order valence-electron chi connectivity index (χ0n) is 17.5. The van der Waals surface area contributed by atoms with E-state index in [1.54, 1.807) is 20.3 Å². The first kappa shape index (κ1) is 19.9. The van der Waals surface area contributed by atoms with Crippen LogP contribution in [0.1, 0.15) is 30.9 Å². The van der Waals surface area contributed by atoms with Crippen LogP contribution in [0, 0.1) is 0 Å². The van der Waals surface area contributed by atoms with Gasteiger partial charge in [-0.05, 0) is 43.2 Å². The standard InChI is InChI=1S/C23H25NO6/c1-5-28-19-10-16-17(11-20(19)29-6-2)24-18-12-30-23(25)22(18)21(16)13-7-14(26-3)9-15(8-13)27-4/h7-11,21,24H,5-6,12H2,1-4H3. The van der Waals surface area contributed by atoms with Crippen molar-refractivity contribution in [2.24, 2.45) is 0 Å². The molecule has 0 aromatic heterocycles. The predicted molar refractivity (Wildman–Crippen MR) is 112 cm³/mol. The van der Waals surface area contributed by atoms with E-state index < -0.39 is 0 Å². The lowest BCUT2D eigenvalue weighted by atomic mass is 9.81. The van der Waals surface area contributed by atoms with Crippen LogP contribution >= 0.6 is 0 Å². The van der Waals surface area contributed by atoms with Crippen molar-refractivity contribution in [3.8, 4) is 23.0 Å². The normalized spacial score (nSPS) is 16.9. The first-order chi connectivity index (χ1) is 14.6. The quantitative estimate of drug-likeness (QED) is 0.693. The molecule has 0 fully saturated rings. The second kappa shape index (κ2) is 8.18. The summed E-state index contributed by atoms with van der Waals surface area (Å²) in [6, 6.07) is 9.48. The number of rotatable bonds is 7. The first-order valence-electron chi connectivity index (χ1n) is 9.93. The molecule has 0 bridgehead atoms. The minimum atomic E-state index is -0.356. The van der Waals surface area contributed by atoms with Gasteiger partial charge in [-0.15, -0.1) is 0 Å². The smallest absolute Gasteiger partial charge is 0.337 e. The summed E-state index contributed by atoms with van der Waals surface area (Å²) in [6.45, 7) is 5.08. The van der Waals surface area contributed by atoms with E-state index in [0.29, 0.717) is 41.8 Å². The zero-order valence-corrected chi connectivity index (χ0v) is 17.5. The summed E-state index contributed by atoms with van der Waals surface area (Å²) >= 11 is 0. The highest BCUT2D eigenvalue weighted by Crippen LogP contribution is 2.48. The fourth-order valence-corrected chi connectivity index (χ4v) is 3.93. The van der Waals surface area contributed by atoms with Crippen molar-refractivity contribution in [1.29, 1.82) is 0 Å². The van der Waals surface area contributed by atoms with Crippen LogP contribution in [0.2, 0.25) is 0 Å². The Hall–Kier alpha value is -3.35. The summed E-state index contributed by atoms with van der Waals surface area (Å²) in [4.78, 5) is 12.7. The Morgan fingerprint density at radius 1 is 0.967 bits per heavy atom. The number of esters is 1. The van der Waals surface area contributed by atoms with Crippen molar-refractivity contribution in [3.05, 3.63) is 52.7 Å². The number of cyclic esters (lactones) is 1. The van der Waals surface area contributed by atoms with E-state index in [4.69, 9.17) is 23.7 Å². The third kappa shape index (κ3) is 3.40. The maximum Gasteiger partial charge on any atom is 0.337 e. The van der Waals surface area contributed by atoms with Gasteiger partial charge in [-0.2, -0.15) is 0 Å². The van der Waals surface area contributed by atoms with E-state index in [-0.39, 0.29) is 18.5 Å². The molecule has 2 aromatic carbocycles. The molecule has 7 heteroatoms. The second-order valence-electron chi connectivity index (χ2n) is 6.92. The van der Waals surface area contributed by atoms with E-state index in [1.807, 2.05) is 38.1 Å². The van der Waals surface area contributed by atoms with Crippen LogP contribution < -0.4 is 24.3 Å². The molecule has 2 aromatic rings. The van der Waals surface area contributed by atoms with Gasteiger partial charge in [-0.1, -0.05) is 0 Å². The molecule has 0 radical (unpaired) electrons. The molecule has 2 aliphatic rings. The van der Waals surface area contributed by atoms with Crippen molar-refractivity contribution in [3.63, 3.8) is 0 Å². The van der Waals surface area contributed by atoms with Crippen molar-refractivity contribution >= 4 is 11.7 Å². The Labute approximate surface area is 175 Å². The molecule has 0 saturated heterocycles. The summed E-state index contributed by atoms with van der Waals surface area (Å²) in [5.74, 6) is 1.90. The molecule has 2 heterocycles. The van der Waals surface area contributed by atoms with Crippen molar-refractivity contribution in [2.45, 2.75) is 19.8 Å². The van der Waals surface area contributed by atoms with Crippen LogP contribution in [-0.2, 0) is 9.53 Å². The Morgan fingerprint density at radius 2 is 1.60 bits per heavy atom. The molecule has 0 saturated carbocycles. The van der Waals surface area contributed by atoms with Gasteiger partial charge in [0.2, 0.25) is 0 Å². The Morgan fingerprint density at radius 3 is 2.20 bits per heavy atom. The maximum atomic E-state index is 12.7. The number of nitrogens with one attached hydrogen (secondary N) is 1. The predicted octanol–water partition coefficient (Wildman–Crippen LogP) is 3.87. The topological polar surface area (TPSA) is 75.2 Å². The van der Waals surface area contributed by atoms with Crippen LogP contribution in [0.5, 0.6) is 23.0 Å². The third-order valence-corrected chi connectivity index (χ3v) is 5.20. The van der Waals surface area contributed by atoms with E-state index in [9.17, 15) is 4.79 Å². The molecule has 1 unspecified atom stereocenters. The van der Waals surface area contributed by atoms with E-state index in [0.717, 1.165) is 22.5 Å². The number of carbonyl (C=O) groups is 1. The van der Waals surface area contributed by atoms with Gasteiger partial charge in [0, 0.05) is 23.7 Å². The first-order valence-corrected chi connectivity index (χ1v) is 9.93. The van der Waals surface area contributed by atoms with Gasteiger partial charge < -0.3 is 29.0 Å².